The molecular formula is C15H12Cl2N2O. The Morgan fingerprint density at radius 1 is 1.20 bits per heavy atom. The quantitative estimate of drug-likeness (QED) is 0.669. The van der Waals surface area contributed by atoms with E-state index in [1.165, 1.54) is 0 Å². The normalized spacial score (nSPS) is 10.9. The molecule has 3 nitrogen and oxygen atoms in total. The van der Waals surface area contributed by atoms with E-state index in [0.29, 0.717) is 10.9 Å². The van der Waals surface area contributed by atoms with Gasteiger partial charge >= 0.3 is 0 Å². The highest BCUT2D eigenvalue weighted by atomic mass is 35.5. The number of rotatable bonds is 3. The predicted octanol–water partition coefficient (Wildman–Crippen LogP) is 4.43. The molecule has 0 aliphatic carbocycles. The van der Waals surface area contributed by atoms with E-state index >= 15 is 0 Å². The first-order valence-electron chi connectivity index (χ1n) is 6.10. The average Bonchev–Trinajstić information content (AvgIpc) is 2.85. The highest BCUT2D eigenvalue weighted by Gasteiger charge is 2.12. The number of ether oxygens (including phenoxy) is 1. The van der Waals surface area contributed by atoms with Crippen molar-refractivity contribution in [2.45, 2.75) is 5.88 Å². The summed E-state index contributed by atoms with van der Waals surface area (Å²) >= 11 is 12.1. The summed E-state index contributed by atoms with van der Waals surface area (Å²) in [6, 6.07) is 13.4. The number of halogens is 2. The van der Waals surface area contributed by atoms with Crippen molar-refractivity contribution in [3.8, 4) is 11.4 Å². The molecule has 5 heteroatoms. The molecule has 0 N–H and O–H groups in total. The summed E-state index contributed by atoms with van der Waals surface area (Å²) in [7, 11) is 1.64. The van der Waals surface area contributed by atoms with Gasteiger partial charge in [0.05, 0.1) is 29.7 Å². The maximum Gasteiger partial charge on any atom is 0.129 e. The van der Waals surface area contributed by atoms with E-state index in [1.807, 2.05) is 47.0 Å². The third kappa shape index (κ3) is 2.23. The van der Waals surface area contributed by atoms with E-state index < -0.39 is 0 Å². The van der Waals surface area contributed by atoms with Crippen LogP contribution in [0.2, 0.25) is 5.02 Å². The molecule has 0 amide bonds. The van der Waals surface area contributed by atoms with Crippen LogP contribution in [0, 0.1) is 0 Å². The Bertz CT molecular complexity index is 768. The minimum Gasteiger partial charge on any atom is -0.497 e. The molecule has 0 aliphatic rings. The molecule has 2 aromatic carbocycles. The van der Waals surface area contributed by atoms with Crippen molar-refractivity contribution < 1.29 is 4.74 Å². The number of alkyl halides is 1. The van der Waals surface area contributed by atoms with Gasteiger partial charge in [0.2, 0.25) is 0 Å². The smallest absolute Gasteiger partial charge is 0.129 e. The molecule has 3 aromatic rings. The Kier molecular flexibility index (Phi) is 3.55. The zero-order valence-corrected chi connectivity index (χ0v) is 12.3. The van der Waals surface area contributed by atoms with Crippen LogP contribution in [0.5, 0.6) is 5.75 Å². The zero-order valence-electron chi connectivity index (χ0n) is 10.8. The highest BCUT2D eigenvalue weighted by molar-refractivity contribution is 6.31. The summed E-state index contributed by atoms with van der Waals surface area (Å²) < 4.78 is 7.27. The second kappa shape index (κ2) is 5.35. The molecule has 102 valence electrons. The third-order valence-corrected chi connectivity index (χ3v) is 3.59. The number of benzene rings is 2. The van der Waals surface area contributed by atoms with Gasteiger partial charge in [-0.15, -0.1) is 11.6 Å². The van der Waals surface area contributed by atoms with Crippen molar-refractivity contribution in [2.24, 2.45) is 0 Å². The largest absolute Gasteiger partial charge is 0.497 e. The molecule has 0 unspecified atom stereocenters. The Morgan fingerprint density at radius 3 is 2.80 bits per heavy atom. The van der Waals surface area contributed by atoms with Gasteiger partial charge in [0.25, 0.3) is 0 Å². The topological polar surface area (TPSA) is 27.1 Å². The Hall–Kier alpha value is -1.71. The van der Waals surface area contributed by atoms with Crippen LogP contribution in [0.15, 0.2) is 42.5 Å². The van der Waals surface area contributed by atoms with Gasteiger partial charge in [-0.1, -0.05) is 17.7 Å². The maximum atomic E-state index is 6.09. The fourth-order valence-electron chi connectivity index (χ4n) is 2.23. The summed E-state index contributed by atoms with van der Waals surface area (Å²) in [4.78, 5) is 4.54. The molecule has 0 atom stereocenters. The van der Waals surface area contributed by atoms with Crippen molar-refractivity contribution in [1.82, 2.24) is 9.55 Å². The number of aromatic nitrogens is 2. The van der Waals surface area contributed by atoms with Gasteiger partial charge in [0.15, 0.2) is 0 Å². The lowest BCUT2D eigenvalue weighted by molar-refractivity contribution is 0.414. The van der Waals surface area contributed by atoms with Crippen molar-refractivity contribution in [3.63, 3.8) is 0 Å². The van der Waals surface area contributed by atoms with E-state index in [9.17, 15) is 0 Å². The minimum atomic E-state index is 0.323. The monoisotopic (exact) mass is 306 g/mol. The number of imidazole rings is 1. The lowest BCUT2D eigenvalue weighted by Gasteiger charge is -2.09. The molecular weight excluding hydrogens is 295 g/mol. The number of fused-ring (bicyclic) bond motifs is 1. The lowest BCUT2D eigenvalue weighted by atomic mass is 10.2. The second-order valence-corrected chi connectivity index (χ2v) is 5.04. The van der Waals surface area contributed by atoms with Crippen LogP contribution in [0.3, 0.4) is 0 Å². The lowest BCUT2D eigenvalue weighted by Crippen LogP contribution is -1.99. The summed E-state index contributed by atoms with van der Waals surface area (Å²) in [6.07, 6.45) is 0. The van der Waals surface area contributed by atoms with Gasteiger partial charge in [0, 0.05) is 11.1 Å². The van der Waals surface area contributed by atoms with Crippen molar-refractivity contribution >= 4 is 34.2 Å². The second-order valence-electron chi connectivity index (χ2n) is 4.33. The molecule has 3 rings (SSSR count). The first-order chi connectivity index (χ1) is 9.72. The molecule has 1 aromatic heterocycles. The Balaban J connectivity index is 2.29. The van der Waals surface area contributed by atoms with E-state index in [4.69, 9.17) is 27.9 Å². The fraction of sp³-hybridized carbons (Fsp3) is 0.133. The summed E-state index contributed by atoms with van der Waals surface area (Å²) in [5.41, 5.74) is 2.75. The van der Waals surface area contributed by atoms with Gasteiger partial charge < -0.3 is 4.74 Å². The molecule has 0 saturated heterocycles. The van der Waals surface area contributed by atoms with Crippen molar-refractivity contribution in [2.75, 3.05) is 7.11 Å². The molecule has 20 heavy (non-hydrogen) atoms. The first-order valence-corrected chi connectivity index (χ1v) is 7.01. The molecule has 0 saturated carbocycles. The number of hydrogen-bond acceptors (Lipinski definition) is 2. The van der Waals surface area contributed by atoms with Crippen LogP contribution in [-0.2, 0) is 5.88 Å². The van der Waals surface area contributed by atoms with E-state index in [0.717, 1.165) is 28.3 Å². The van der Waals surface area contributed by atoms with E-state index in [-0.39, 0.29) is 0 Å². The van der Waals surface area contributed by atoms with Gasteiger partial charge in [-0.3, -0.25) is 4.57 Å². The molecule has 0 fully saturated rings. The summed E-state index contributed by atoms with van der Waals surface area (Å²) in [5.74, 6) is 1.88. The molecule has 0 radical (unpaired) electrons. The standard InChI is InChI=1S/C15H12Cl2N2O/c1-20-12-4-2-3-11(8-12)19-14-7-10(17)5-6-13(14)18-15(19)9-16/h2-8H,9H2,1H3. The third-order valence-electron chi connectivity index (χ3n) is 3.12. The zero-order chi connectivity index (χ0) is 14.1. The maximum absolute atomic E-state index is 6.09. The predicted molar refractivity (Wildman–Crippen MR) is 82.2 cm³/mol. The van der Waals surface area contributed by atoms with Crippen LogP contribution in [-0.4, -0.2) is 16.7 Å². The van der Waals surface area contributed by atoms with Crippen LogP contribution in [0.1, 0.15) is 5.82 Å². The average molecular weight is 307 g/mol. The van der Waals surface area contributed by atoms with E-state index in [1.54, 1.807) is 7.11 Å². The van der Waals surface area contributed by atoms with Gasteiger partial charge in [0.1, 0.15) is 11.6 Å². The Morgan fingerprint density at radius 2 is 2.05 bits per heavy atom. The van der Waals surface area contributed by atoms with Crippen molar-refractivity contribution in [3.05, 3.63) is 53.3 Å². The molecule has 0 bridgehead atoms. The summed E-state index contributed by atoms with van der Waals surface area (Å²) in [6.45, 7) is 0. The fourth-order valence-corrected chi connectivity index (χ4v) is 2.57. The van der Waals surface area contributed by atoms with Crippen molar-refractivity contribution in [1.29, 1.82) is 0 Å². The number of methoxy groups -OCH3 is 1. The van der Waals surface area contributed by atoms with Crippen LogP contribution in [0.25, 0.3) is 16.7 Å². The molecule has 0 aliphatic heterocycles. The number of nitrogens with zero attached hydrogens (tertiary/aromatic N) is 2. The summed E-state index contributed by atoms with van der Waals surface area (Å²) in [5, 5.41) is 0.669. The first kappa shape index (κ1) is 13.3. The number of hydrogen-bond donors (Lipinski definition) is 0. The van der Waals surface area contributed by atoms with E-state index in [2.05, 4.69) is 4.98 Å². The van der Waals surface area contributed by atoms with Gasteiger partial charge in [-0.25, -0.2) is 4.98 Å². The van der Waals surface area contributed by atoms with Crippen LogP contribution >= 0.6 is 23.2 Å². The molecule has 0 spiro atoms. The van der Waals surface area contributed by atoms with Gasteiger partial charge in [-0.2, -0.15) is 0 Å². The highest BCUT2D eigenvalue weighted by Crippen LogP contribution is 2.27. The minimum absolute atomic E-state index is 0.323. The molecule has 1 heterocycles. The SMILES string of the molecule is COc1cccc(-n2c(CCl)nc3ccc(Cl)cc32)c1. The Labute approximate surface area is 126 Å². The van der Waals surface area contributed by atoms with Crippen LogP contribution < -0.4 is 4.74 Å². The van der Waals surface area contributed by atoms with Crippen LogP contribution in [0.4, 0.5) is 0 Å². The van der Waals surface area contributed by atoms with Gasteiger partial charge in [-0.05, 0) is 30.3 Å².